The molecular weight excluding hydrogens is 347 g/mol. The molecule has 12 heteroatoms. The second kappa shape index (κ2) is 5.82. The molecule has 0 spiro atoms. The lowest BCUT2D eigenvalue weighted by molar-refractivity contribution is -0.385. The first-order chi connectivity index (χ1) is 9.83. The van der Waals surface area contributed by atoms with Crippen molar-refractivity contribution in [2.24, 2.45) is 0 Å². The summed E-state index contributed by atoms with van der Waals surface area (Å²) >= 11 is -1.19. The Kier molecular flexibility index (Phi) is 4.85. The molecule has 0 aliphatic heterocycles. The van der Waals surface area contributed by atoms with E-state index in [1.165, 1.54) is 0 Å². The van der Waals surface area contributed by atoms with Crippen LogP contribution in [0.4, 0.5) is 36.4 Å². The van der Waals surface area contributed by atoms with Crippen LogP contribution in [0.2, 0.25) is 0 Å². The largest absolute Gasteiger partial charge is 0.495 e. The number of nitrogens with zero attached hydrogens (tertiary/aromatic N) is 1. The van der Waals surface area contributed by atoms with Crippen molar-refractivity contribution in [2.45, 2.75) is 22.2 Å². The molecule has 1 aromatic carbocycles. The maximum atomic E-state index is 13.6. The molecule has 22 heavy (non-hydrogen) atoms. The van der Waals surface area contributed by atoms with Crippen LogP contribution in [0.1, 0.15) is 0 Å². The highest BCUT2D eigenvalue weighted by atomic mass is 32.2. The number of halogens is 7. The normalized spacial score (nSPS) is 13.1. The topological polar surface area (TPSA) is 52.4 Å². The van der Waals surface area contributed by atoms with Gasteiger partial charge in [-0.05, 0) is 6.07 Å². The van der Waals surface area contributed by atoms with Crippen LogP contribution < -0.4 is 4.74 Å². The van der Waals surface area contributed by atoms with Crippen molar-refractivity contribution in [3.63, 3.8) is 0 Å². The summed E-state index contributed by atoms with van der Waals surface area (Å²) in [5, 5.41) is 4.91. The molecular formula is C10H6F7NO3S. The third kappa shape index (κ3) is 3.36. The zero-order valence-corrected chi connectivity index (χ0v) is 11.3. The molecule has 0 bridgehead atoms. The van der Waals surface area contributed by atoms with Crippen LogP contribution in [-0.4, -0.2) is 29.4 Å². The van der Waals surface area contributed by atoms with E-state index in [2.05, 4.69) is 4.74 Å². The summed E-state index contributed by atoms with van der Waals surface area (Å²) in [6, 6.07) is 1.78. The molecule has 124 valence electrons. The average Bonchev–Trinajstić information content (AvgIpc) is 2.36. The standard InChI is InChI=1S/C10H6F7NO3S/c1-21-6-4-5(18(19)20)2-3-7(6)22-8(11,9(12,13)14)10(15,16)17/h2-4H,1H3. The van der Waals surface area contributed by atoms with Crippen LogP contribution >= 0.6 is 11.8 Å². The van der Waals surface area contributed by atoms with E-state index in [1.807, 2.05) is 0 Å². The van der Waals surface area contributed by atoms with Crippen LogP contribution in [0, 0.1) is 10.1 Å². The summed E-state index contributed by atoms with van der Waals surface area (Å²) in [6.45, 7) is 0. The van der Waals surface area contributed by atoms with E-state index in [-0.39, 0.29) is 0 Å². The minimum Gasteiger partial charge on any atom is -0.495 e. The third-order valence-corrected chi connectivity index (χ3v) is 3.64. The maximum absolute atomic E-state index is 13.6. The molecule has 0 saturated heterocycles. The van der Waals surface area contributed by atoms with E-state index in [1.54, 1.807) is 0 Å². The second-order valence-corrected chi connectivity index (χ2v) is 4.99. The summed E-state index contributed by atoms with van der Waals surface area (Å²) < 4.78 is 92.9. The molecule has 0 unspecified atom stereocenters. The van der Waals surface area contributed by atoms with Gasteiger partial charge in [-0.2, -0.15) is 26.3 Å². The number of nitro benzene ring substituents is 1. The molecule has 1 rings (SSSR count). The zero-order valence-electron chi connectivity index (χ0n) is 10.5. The number of rotatable bonds is 4. The van der Waals surface area contributed by atoms with Gasteiger partial charge < -0.3 is 4.74 Å². The van der Waals surface area contributed by atoms with Crippen LogP contribution in [-0.2, 0) is 0 Å². The predicted molar refractivity (Wildman–Crippen MR) is 61.5 cm³/mol. The summed E-state index contributed by atoms with van der Waals surface area (Å²) in [4.78, 5) is 8.67. The number of thioether (sulfide) groups is 1. The van der Waals surface area contributed by atoms with Gasteiger partial charge in [-0.15, -0.1) is 0 Å². The Morgan fingerprint density at radius 3 is 1.95 bits per heavy atom. The van der Waals surface area contributed by atoms with Crippen molar-refractivity contribution in [1.29, 1.82) is 0 Å². The van der Waals surface area contributed by atoms with Crippen molar-refractivity contribution in [2.75, 3.05) is 7.11 Å². The van der Waals surface area contributed by atoms with E-state index >= 15 is 0 Å². The molecule has 0 aromatic heterocycles. The smallest absolute Gasteiger partial charge is 0.441 e. The van der Waals surface area contributed by atoms with Gasteiger partial charge in [-0.3, -0.25) is 10.1 Å². The lowest BCUT2D eigenvalue weighted by Gasteiger charge is -2.29. The highest BCUT2D eigenvalue weighted by Crippen LogP contribution is 2.56. The van der Waals surface area contributed by atoms with E-state index in [9.17, 15) is 40.8 Å². The number of hydrogen-bond donors (Lipinski definition) is 0. The summed E-state index contributed by atoms with van der Waals surface area (Å²) in [6.07, 6.45) is -12.5. The number of nitro groups is 1. The fraction of sp³-hybridized carbons (Fsp3) is 0.400. The molecule has 1 aromatic rings. The Labute approximate surface area is 122 Å². The van der Waals surface area contributed by atoms with Crippen LogP contribution in [0.5, 0.6) is 5.75 Å². The maximum Gasteiger partial charge on any atom is 0.441 e. The number of hydrogen-bond acceptors (Lipinski definition) is 4. The van der Waals surface area contributed by atoms with E-state index in [0.29, 0.717) is 18.2 Å². The number of methoxy groups -OCH3 is 1. The van der Waals surface area contributed by atoms with Gasteiger partial charge in [-0.1, -0.05) is 11.8 Å². The van der Waals surface area contributed by atoms with Crippen molar-refractivity contribution in [3.8, 4) is 5.75 Å². The minimum absolute atomic E-state index is 0.549. The van der Waals surface area contributed by atoms with Crippen molar-refractivity contribution < 1.29 is 40.4 Å². The molecule has 0 heterocycles. The van der Waals surface area contributed by atoms with Gasteiger partial charge in [0.05, 0.1) is 23.0 Å². The predicted octanol–water partition coefficient (Wildman–Crippen LogP) is 4.49. The quantitative estimate of drug-likeness (QED) is 0.346. The molecule has 0 aliphatic rings. The van der Waals surface area contributed by atoms with E-state index in [0.717, 1.165) is 7.11 Å². The Bertz CT molecular complexity index is 559. The molecule has 0 fully saturated rings. The Morgan fingerprint density at radius 1 is 1.09 bits per heavy atom. The molecule has 0 radical (unpaired) electrons. The molecule has 0 saturated carbocycles. The number of ether oxygens (including phenoxy) is 1. The van der Waals surface area contributed by atoms with Gasteiger partial charge in [0.25, 0.3) is 5.69 Å². The van der Waals surface area contributed by atoms with Gasteiger partial charge in [-0.25, -0.2) is 4.39 Å². The first-order valence-electron chi connectivity index (χ1n) is 5.17. The first kappa shape index (κ1) is 18.3. The Balaban J connectivity index is 3.34. The SMILES string of the molecule is COc1cc([N+](=O)[O-])ccc1SC(F)(C(F)(F)F)C(F)(F)F. The lowest BCUT2D eigenvalue weighted by Crippen LogP contribution is -2.50. The Morgan fingerprint density at radius 2 is 1.59 bits per heavy atom. The number of benzene rings is 1. The summed E-state index contributed by atoms with van der Waals surface area (Å²) in [5.74, 6) is -0.685. The molecule has 4 nitrogen and oxygen atoms in total. The fourth-order valence-corrected chi connectivity index (χ4v) is 2.20. The van der Waals surface area contributed by atoms with Gasteiger partial charge in [0.1, 0.15) is 5.75 Å². The van der Waals surface area contributed by atoms with Crippen LogP contribution in [0.25, 0.3) is 0 Å². The molecule has 0 aliphatic carbocycles. The number of alkyl halides is 7. The average molecular weight is 353 g/mol. The molecule has 0 amide bonds. The fourth-order valence-electron chi connectivity index (χ4n) is 1.28. The van der Waals surface area contributed by atoms with Crippen molar-refractivity contribution in [3.05, 3.63) is 28.3 Å². The second-order valence-electron chi connectivity index (χ2n) is 3.79. The zero-order chi connectivity index (χ0) is 17.3. The van der Waals surface area contributed by atoms with Gasteiger partial charge in [0, 0.05) is 6.07 Å². The van der Waals surface area contributed by atoms with Crippen LogP contribution in [0.15, 0.2) is 23.1 Å². The number of non-ortho nitro benzene ring substituents is 1. The van der Waals surface area contributed by atoms with E-state index in [4.69, 9.17) is 0 Å². The molecule has 0 atom stereocenters. The minimum atomic E-state index is -6.25. The summed E-state index contributed by atoms with van der Waals surface area (Å²) in [5.41, 5.74) is -0.635. The Hall–Kier alpha value is -1.72. The van der Waals surface area contributed by atoms with Gasteiger partial charge in [0.15, 0.2) is 0 Å². The monoisotopic (exact) mass is 353 g/mol. The molecule has 0 N–H and O–H groups in total. The van der Waals surface area contributed by atoms with Gasteiger partial charge >= 0.3 is 17.4 Å². The summed E-state index contributed by atoms with van der Waals surface area (Å²) in [7, 11) is 0.865. The highest BCUT2D eigenvalue weighted by Gasteiger charge is 2.73. The van der Waals surface area contributed by atoms with Gasteiger partial charge in [0.2, 0.25) is 0 Å². The van der Waals surface area contributed by atoms with Crippen molar-refractivity contribution >= 4 is 17.4 Å². The first-order valence-corrected chi connectivity index (χ1v) is 5.99. The highest BCUT2D eigenvalue weighted by molar-refractivity contribution is 8.00. The van der Waals surface area contributed by atoms with Crippen molar-refractivity contribution in [1.82, 2.24) is 0 Å². The van der Waals surface area contributed by atoms with Crippen LogP contribution in [0.3, 0.4) is 0 Å². The third-order valence-electron chi connectivity index (χ3n) is 2.34. The lowest BCUT2D eigenvalue weighted by atomic mass is 10.3. The van der Waals surface area contributed by atoms with E-state index < -0.39 is 50.4 Å².